The first kappa shape index (κ1) is 38.8. The lowest BCUT2D eigenvalue weighted by molar-refractivity contribution is -0.154. The highest BCUT2D eigenvalue weighted by Gasteiger charge is 2.29. The highest BCUT2D eigenvalue weighted by Crippen LogP contribution is 2.20. The molecule has 0 heterocycles. The summed E-state index contributed by atoms with van der Waals surface area (Å²) in [6.45, 7) is 9.81. The monoisotopic (exact) mass is 729 g/mol. The van der Waals surface area contributed by atoms with Crippen LogP contribution in [0, 0.1) is 17.3 Å². The molecule has 6 N–H and O–H groups in total. The zero-order valence-electron chi connectivity index (χ0n) is 26.4. The lowest BCUT2D eigenvalue weighted by atomic mass is 9.89. The van der Waals surface area contributed by atoms with Crippen LogP contribution < -0.4 is 27.0 Å². The van der Waals surface area contributed by atoms with Gasteiger partial charge in [-0.25, -0.2) is 4.79 Å². The fourth-order valence-corrected chi connectivity index (χ4v) is 4.37. The number of rotatable bonds is 19. The number of nitrogens with one attached hydrogen (secondary N) is 4. The molecular formula is C31H48IN5O7. The third kappa shape index (κ3) is 16.0. The summed E-state index contributed by atoms with van der Waals surface area (Å²) in [5, 5.41) is 10.9. The van der Waals surface area contributed by atoms with Crippen molar-refractivity contribution in [3.8, 4) is 0 Å². The molecule has 1 aromatic carbocycles. The predicted molar refractivity (Wildman–Crippen MR) is 177 cm³/mol. The Kier molecular flexibility index (Phi) is 17.6. The Bertz CT molecular complexity index is 1120. The molecule has 44 heavy (non-hydrogen) atoms. The summed E-state index contributed by atoms with van der Waals surface area (Å²) in [6.07, 6.45) is 2.03. The lowest BCUT2D eigenvalue weighted by Crippen LogP contribution is -2.45. The van der Waals surface area contributed by atoms with E-state index in [4.69, 9.17) is 10.5 Å². The number of primary amides is 1. The molecule has 0 unspecified atom stereocenters. The van der Waals surface area contributed by atoms with E-state index in [0.717, 1.165) is 5.56 Å². The second-order valence-corrected chi connectivity index (χ2v) is 12.8. The average molecular weight is 730 g/mol. The third-order valence-electron chi connectivity index (χ3n) is 6.65. The molecule has 2 atom stereocenters. The Morgan fingerprint density at radius 1 is 0.909 bits per heavy atom. The molecule has 0 bridgehead atoms. The maximum absolute atomic E-state index is 13.4. The molecular weight excluding hydrogens is 681 g/mol. The quantitative estimate of drug-likeness (QED) is 0.0623. The molecule has 5 amide bonds. The SMILES string of the molecule is CC(C)[C@@H](NC(=O)CCCCNC(=O)CI)C(=O)C[C@H](CCCNC(N)=O)C(=O)Nc1ccc(COC(=O)C(C)(C)C)cc1. The molecule has 0 saturated heterocycles. The summed E-state index contributed by atoms with van der Waals surface area (Å²) in [5.41, 5.74) is 5.80. The van der Waals surface area contributed by atoms with Gasteiger partial charge < -0.3 is 31.7 Å². The summed E-state index contributed by atoms with van der Waals surface area (Å²) in [6, 6.07) is 5.42. The summed E-state index contributed by atoms with van der Waals surface area (Å²) < 4.78 is 5.71. The molecule has 0 aliphatic rings. The van der Waals surface area contributed by atoms with E-state index in [1.54, 1.807) is 45.0 Å². The topological polar surface area (TPSA) is 186 Å². The van der Waals surface area contributed by atoms with E-state index >= 15 is 0 Å². The summed E-state index contributed by atoms with van der Waals surface area (Å²) in [4.78, 5) is 73.7. The Labute approximate surface area is 273 Å². The number of Topliss-reactive ketones (excluding diaryl/α,β-unsaturated/α-hetero) is 1. The molecule has 0 aromatic heterocycles. The van der Waals surface area contributed by atoms with Crippen molar-refractivity contribution in [2.45, 2.75) is 85.8 Å². The Morgan fingerprint density at radius 3 is 2.11 bits per heavy atom. The number of halogens is 1. The number of urea groups is 1. The van der Waals surface area contributed by atoms with Crippen LogP contribution in [-0.2, 0) is 35.3 Å². The van der Waals surface area contributed by atoms with E-state index in [0.29, 0.717) is 42.3 Å². The van der Waals surface area contributed by atoms with Crippen LogP contribution in [0.2, 0.25) is 0 Å². The number of carbonyl (C=O) groups is 6. The van der Waals surface area contributed by atoms with Gasteiger partial charge >= 0.3 is 12.0 Å². The Balaban J connectivity index is 2.83. The van der Waals surface area contributed by atoms with Crippen molar-refractivity contribution in [1.29, 1.82) is 0 Å². The molecule has 0 aliphatic carbocycles. The number of alkyl halides is 1. The van der Waals surface area contributed by atoms with Gasteiger partial charge in [-0.3, -0.25) is 24.0 Å². The molecule has 0 fully saturated rings. The van der Waals surface area contributed by atoms with Crippen molar-refractivity contribution in [3.63, 3.8) is 0 Å². The molecule has 1 aromatic rings. The molecule has 12 nitrogen and oxygen atoms in total. The van der Waals surface area contributed by atoms with Gasteiger partial charge in [-0.2, -0.15) is 0 Å². The minimum Gasteiger partial charge on any atom is -0.460 e. The first-order valence-electron chi connectivity index (χ1n) is 14.9. The fourth-order valence-electron chi connectivity index (χ4n) is 4.10. The van der Waals surface area contributed by atoms with Gasteiger partial charge in [0.1, 0.15) is 6.61 Å². The van der Waals surface area contributed by atoms with Crippen LogP contribution in [0.5, 0.6) is 0 Å². The highest BCUT2D eigenvalue weighted by molar-refractivity contribution is 14.1. The third-order valence-corrected chi connectivity index (χ3v) is 7.35. The number of hydrogen-bond donors (Lipinski definition) is 5. The zero-order valence-corrected chi connectivity index (χ0v) is 28.6. The molecule has 0 radical (unpaired) electrons. The van der Waals surface area contributed by atoms with Crippen molar-refractivity contribution in [1.82, 2.24) is 16.0 Å². The number of unbranched alkanes of at least 4 members (excludes halogenated alkanes) is 1. The van der Waals surface area contributed by atoms with E-state index in [2.05, 4.69) is 21.3 Å². The first-order valence-corrected chi connectivity index (χ1v) is 16.4. The molecule has 0 saturated carbocycles. The Hall–Kier alpha value is -3.23. The summed E-state index contributed by atoms with van der Waals surface area (Å²) >= 11 is 1.98. The van der Waals surface area contributed by atoms with E-state index in [-0.39, 0.29) is 61.4 Å². The molecule has 246 valence electrons. The smallest absolute Gasteiger partial charge is 0.312 e. The van der Waals surface area contributed by atoms with Crippen LogP contribution in [-0.4, -0.2) is 59.1 Å². The van der Waals surface area contributed by atoms with Crippen LogP contribution in [0.25, 0.3) is 0 Å². The van der Waals surface area contributed by atoms with E-state index < -0.39 is 23.4 Å². The summed E-state index contributed by atoms with van der Waals surface area (Å²) in [7, 11) is 0. The molecule has 0 spiro atoms. The maximum atomic E-state index is 13.4. The Morgan fingerprint density at radius 2 is 1.55 bits per heavy atom. The lowest BCUT2D eigenvalue weighted by Gasteiger charge is -2.24. The molecule has 13 heteroatoms. The number of nitrogens with two attached hydrogens (primary N) is 1. The van der Waals surface area contributed by atoms with Crippen molar-refractivity contribution < 1.29 is 33.5 Å². The van der Waals surface area contributed by atoms with Gasteiger partial charge in [0.25, 0.3) is 0 Å². The van der Waals surface area contributed by atoms with Gasteiger partial charge in [0.05, 0.1) is 15.9 Å². The molecule has 0 aliphatic heterocycles. The molecule has 1 rings (SSSR count). The van der Waals surface area contributed by atoms with Crippen LogP contribution >= 0.6 is 22.6 Å². The number of benzene rings is 1. The van der Waals surface area contributed by atoms with Gasteiger partial charge in [0.15, 0.2) is 5.78 Å². The van der Waals surface area contributed by atoms with Crippen LogP contribution in [0.15, 0.2) is 24.3 Å². The number of ether oxygens (including phenoxy) is 1. The van der Waals surface area contributed by atoms with Crippen LogP contribution in [0.4, 0.5) is 10.5 Å². The van der Waals surface area contributed by atoms with Gasteiger partial charge in [-0.15, -0.1) is 0 Å². The number of amides is 5. The second-order valence-electron chi connectivity index (χ2n) is 12.0. The predicted octanol–water partition coefficient (Wildman–Crippen LogP) is 3.60. The van der Waals surface area contributed by atoms with E-state index in [1.807, 2.05) is 36.4 Å². The number of anilines is 1. The largest absolute Gasteiger partial charge is 0.460 e. The van der Waals surface area contributed by atoms with Gasteiger partial charge in [0, 0.05) is 37.5 Å². The number of ketones is 1. The van der Waals surface area contributed by atoms with Crippen LogP contribution in [0.1, 0.15) is 78.7 Å². The maximum Gasteiger partial charge on any atom is 0.312 e. The van der Waals surface area contributed by atoms with E-state index in [9.17, 15) is 28.8 Å². The van der Waals surface area contributed by atoms with Crippen molar-refractivity contribution in [2.24, 2.45) is 23.0 Å². The highest BCUT2D eigenvalue weighted by atomic mass is 127. The van der Waals surface area contributed by atoms with Crippen molar-refractivity contribution in [3.05, 3.63) is 29.8 Å². The van der Waals surface area contributed by atoms with Crippen LogP contribution in [0.3, 0.4) is 0 Å². The average Bonchev–Trinajstić information content (AvgIpc) is 2.95. The summed E-state index contributed by atoms with van der Waals surface area (Å²) in [5.74, 6) is -2.19. The van der Waals surface area contributed by atoms with Crippen molar-refractivity contribution in [2.75, 3.05) is 22.8 Å². The van der Waals surface area contributed by atoms with Crippen molar-refractivity contribution >= 4 is 63.8 Å². The number of hydrogen-bond acceptors (Lipinski definition) is 7. The van der Waals surface area contributed by atoms with E-state index in [1.165, 1.54) is 0 Å². The van der Waals surface area contributed by atoms with Gasteiger partial charge in [-0.1, -0.05) is 48.6 Å². The van der Waals surface area contributed by atoms with Gasteiger partial charge in [0.2, 0.25) is 17.7 Å². The minimum atomic E-state index is -0.768. The standard InChI is InChI=1S/C31H48IN5O7/c1-20(2)27(37-25(39)10-6-7-15-34-26(40)18-32)24(38)17-22(9-8-16-35-30(33)43)28(41)36-23-13-11-21(12-14-23)19-44-29(42)31(3,4)5/h11-14,20,22,27H,6-10,15-19H2,1-5H3,(H,34,40)(H,36,41)(H,37,39)(H3,33,35,43)/t22-,27+/m0/s1. The zero-order chi connectivity index (χ0) is 33.3. The number of carbonyl (C=O) groups excluding carboxylic acids is 6. The first-order chi connectivity index (χ1) is 20.6. The van der Waals surface area contributed by atoms with Gasteiger partial charge in [-0.05, 0) is 70.1 Å². The fraction of sp³-hybridized carbons (Fsp3) is 0.613. The second kappa shape index (κ2) is 19.9. The minimum absolute atomic E-state index is 0.0552. The normalized spacial score (nSPS) is 12.5. The number of esters is 1.